The molecule has 0 atom stereocenters. The summed E-state index contributed by atoms with van der Waals surface area (Å²) in [6.45, 7) is 1.92. The Morgan fingerprint density at radius 3 is 2.43 bits per heavy atom. The number of aryl methyl sites for hydroxylation is 1. The van der Waals surface area contributed by atoms with Crippen molar-refractivity contribution < 1.29 is 13.2 Å². The molecule has 0 aromatic heterocycles. The van der Waals surface area contributed by atoms with E-state index >= 15 is 0 Å². The second kappa shape index (κ2) is 6.62. The molecular formula is C16H15IO3S. The third kappa shape index (κ3) is 4.07. The molecule has 5 heteroatoms. The number of sulfone groups is 1. The van der Waals surface area contributed by atoms with E-state index in [4.69, 9.17) is 4.74 Å². The highest BCUT2D eigenvalue weighted by atomic mass is 127. The summed E-state index contributed by atoms with van der Waals surface area (Å²) in [6, 6.07) is 14.1. The van der Waals surface area contributed by atoms with Crippen molar-refractivity contribution in [1.82, 2.24) is 0 Å². The van der Waals surface area contributed by atoms with Crippen molar-refractivity contribution >= 4 is 36.0 Å². The van der Waals surface area contributed by atoms with Crippen LogP contribution in [0.2, 0.25) is 0 Å². The van der Waals surface area contributed by atoms with Gasteiger partial charge in [0.15, 0.2) is 0 Å². The van der Waals surface area contributed by atoms with E-state index in [1.807, 2.05) is 53.8 Å². The van der Waals surface area contributed by atoms with Crippen LogP contribution >= 0.6 is 22.6 Å². The van der Waals surface area contributed by atoms with Crippen molar-refractivity contribution in [3.8, 4) is 5.75 Å². The molecule has 2 aromatic carbocycles. The summed E-state index contributed by atoms with van der Waals surface area (Å²) in [5, 5.41) is 1.28. The summed E-state index contributed by atoms with van der Waals surface area (Å²) in [6.07, 6.45) is 0. The predicted octanol–water partition coefficient (Wildman–Crippen LogP) is 4.21. The van der Waals surface area contributed by atoms with Gasteiger partial charge in [-0.3, -0.25) is 0 Å². The molecule has 0 aliphatic carbocycles. The number of ether oxygens (including phenoxy) is 1. The first-order valence-corrected chi connectivity index (χ1v) is 8.88. The summed E-state index contributed by atoms with van der Waals surface area (Å²) in [4.78, 5) is 0.296. The molecule has 0 spiro atoms. The largest absolute Gasteiger partial charge is 0.497 e. The van der Waals surface area contributed by atoms with Gasteiger partial charge in [-0.25, -0.2) is 8.42 Å². The molecule has 0 aliphatic heterocycles. The summed E-state index contributed by atoms with van der Waals surface area (Å²) < 4.78 is 30.5. The quantitative estimate of drug-likeness (QED) is 0.705. The van der Waals surface area contributed by atoms with Gasteiger partial charge < -0.3 is 4.74 Å². The lowest BCUT2D eigenvalue weighted by Crippen LogP contribution is -1.97. The Morgan fingerprint density at radius 2 is 1.81 bits per heavy atom. The molecule has 0 unspecified atom stereocenters. The average Bonchev–Trinajstić information content (AvgIpc) is 2.47. The minimum absolute atomic E-state index is 0.296. The van der Waals surface area contributed by atoms with E-state index in [-0.39, 0.29) is 0 Å². The number of hydrogen-bond donors (Lipinski definition) is 0. The van der Waals surface area contributed by atoms with E-state index in [2.05, 4.69) is 0 Å². The van der Waals surface area contributed by atoms with Gasteiger partial charge in [-0.1, -0.05) is 29.8 Å². The van der Waals surface area contributed by atoms with E-state index in [1.54, 1.807) is 31.4 Å². The fourth-order valence-corrected chi connectivity index (χ4v) is 4.17. The van der Waals surface area contributed by atoms with Crippen LogP contribution in [0.25, 0.3) is 3.58 Å². The molecule has 0 N–H and O–H groups in total. The molecule has 21 heavy (non-hydrogen) atoms. The zero-order chi connectivity index (χ0) is 15.5. The van der Waals surface area contributed by atoms with Crippen LogP contribution in [0.3, 0.4) is 0 Å². The maximum Gasteiger partial charge on any atom is 0.200 e. The Balaban J connectivity index is 2.38. The second-order valence-electron chi connectivity index (χ2n) is 4.56. The number of benzene rings is 2. The average molecular weight is 414 g/mol. The van der Waals surface area contributed by atoms with Crippen LogP contribution < -0.4 is 4.74 Å². The summed E-state index contributed by atoms with van der Waals surface area (Å²) in [5.41, 5.74) is 1.84. The van der Waals surface area contributed by atoms with Crippen molar-refractivity contribution in [3.05, 3.63) is 65.1 Å². The van der Waals surface area contributed by atoms with Gasteiger partial charge in [0.2, 0.25) is 9.84 Å². The SMILES string of the molecule is COc1cccc(/C(I)=C/S(=O)(=O)c2ccc(C)cc2)c1. The van der Waals surface area contributed by atoms with Gasteiger partial charge in [-0.2, -0.15) is 0 Å². The fraction of sp³-hybridized carbons (Fsp3) is 0.125. The van der Waals surface area contributed by atoms with Gasteiger partial charge in [0.25, 0.3) is 0 Å². The highest BCUT2D eigenvalue weighted by molar-refractivity contribution is 14.1. The molecule has 0 aliphatic rings. The van der Waals surface area contributed by atoms with E-state index < -0.39 is 9.84 Å². The topological polar surface area (TPSA) is 43.4 Å². The zero-order valence-corrected chi connectivity index (χ0v) is 14.7. The Hall–Kier alpha value is -1.34. The first-order valence-electron chi connectivity index (χ1n) is 6.26. The standard InChI is InChI=1S/C16H15IO3S/c1-12-6-8-15(9-7-12)21(18,19)11-16(17)13-4-3-5-14(10-13)20-2/h3-11H,1-2H3/b16-11-. The van der Waals surface area contributed by atoms with E-state index in [1.165, 1.54) is 5.41 Å². The Morgan fingerprint density at radius 1 is 1.14 bits per heavy atom. The Bertz CT molecular complexity index is 762. The van der Waals surface area contributed by atoms with Crippen LogP contribution in [0.1, 0.15) is 11.1 Å². The molecule has 0 amide bonds. The number of rotatable bonds is 4. The van der Waals surface area contributed by atoms with Crippen molar-refractivity contribution in [1.29, 1.82) is 0 Å². The van der Waals surface area contributed by atoms with Gasteiger partial charge >= 0.3 is 0 Å². The van der Waals surface area contributed by atoms with Gasteiger partial charge in [-0.15, -0.1) is 0 Å². The van der Waals surface area contributed by atoms with Crippen molar-refractivity contribution in [2.24, 2.45) is 0 Å². The van der Waals surface area contributed by atoms with Crippen LogP contribution in [0.15, 0.2) is 58.8 Å². The summed E-state index contributed by atoms with van der Waals surface area (Å²) in [7, 11) is -1.87. The molecule has 2 rings (SSSR count). The number of hydrogen-bond acceptors (Lipinski definition) is 3. The lowest BCUT2D eigenvalue weighted by atomic mass is 10.2. The Kier molecular flexibility index (Phi) is 5.05. The molecule has 0 radical (unpaired) electrons. The molecular weight excluding hydrogens is 399 g/mol. The first-order chi connectivity index (χ1) is 9.92. The lowest BCUT2D eigenvalue weighted by Gasteiger charge is -2.05. The highest BCUT2D eigenvalue weighted by Crippen LogP contribution is 2.28. The third-order valence-corrected chi connectivity index (χ3v) is 5.79. The first kappa shape index (κ1) is 16.0. The van der Waals surface area contributed by atoms with Crippen LogP contribution in [-0.4, -0.2) is 15.5 Å². The minimum atomic E-state index is -3.45. The molecule has 2 aromatic rings. The second-order valence-corrected chi connectivity index (χ2v) is 7.52. The van der Waals surface area contributed by atoms with Crippen molar-refractivity contribution in [3.63, 3.8) is 0 Å². The van der Waals surface area contributed by atoms with Crippen molar-refractivity contribution in [2.45, 2.75) is 11.8 Å². The highest BCUT2D eigenvalue weighted by Gasteiger charge is 2.12. The predicted molar refractivity (Wildman–Crippen MR) is 93.4 cm³/mol. The maximum atomic E-state index is 12.4. The van der Waals surface area contributed by atoms with Gasteiger partial charge in [0.05, 0.1) is 12.0 Å². The van der Waals surface area contributed by atoms with Crippen LogP contribution in [0.4, 0.5) is 0 Å². The van der Waals surface area contributed by atoms with Gasteiger partial charge in [0, 0.05) is 8.99 Å². The van der Waals surface area contributed by atoms with Crippen LogP contribution in [-0.2, 0) is 9.84 Å². The number of halogens is 1. The molecule has 0 saturated heterocycles. The molecule has 3 nitrogen and oxygen atoms in total. The van der Waals surface area contributed by atoms with Crippen molar-refractivity contribution in [2.75, 3.05) is 7.11 Å². The van der Waals surface area contributed by atoms with Gasteiger partial charge in [-0.05, 0) is 59.3 Å². The smallest absolute Gasteiger partial charge is 0.200 e. The van der Waals surface area contributed by atoms with Gasteiger partial charge in [0.1, 0.15) is 5.75 Å². The molecule has 0 bridgehead atoms. The molecule has 0 fully saturated rings. The summed E-state index contributed by atoms with van der Waals surface area (Å²) >= 11 is 2.03. The monoisotopic (exact) mass is 414 g/mol. The molecule has 110 valence electrons. The van der Waals surface area contributed by atoms with E-state index in [9.17, 15) is 8.42 Å². The van der Waals surface area contributed by atoms with E-state index in [0.29, 0.717) is 14.2 Å². The zero-order valence-electron chi connectivity index (χ0n) is 11.7. The van der Waals surface area contributed by atoms with E-state index in [0.717, 1.165) is 11.1 Å². The summed E-state index contributed by atoms with van der Waals surface area (Å²) in [5.74, 6) is 0.697. The van der Waals surface area contributed by atoms with Crippen LogP contribution in [0.5, 0.6) is 5.75 Å². The molecule has 0 saturated carbocycles. The fourth-order valence-electron chi connectivity index (χ4n) is 1.77. The van der Waals surface area contributed by atoms with Crippen LogP contribution in [0, 0.1) is 6.92 Å². The maximum absolute atomic E-state index is 12.4. The third-order valence-electron chi connectivity index (χ3n) is 2.95. The lowest BCUT2D eigenvalue weighted by molar-refractivity contribution is 0.414. The molecule has 0 heterocycles. The minimum Gasteiger partial charge on any atom is -0.497 e. The number of methoxy groups -OCH3 is 1. The normalized spacial score (nSPS) is 12.2. The Labute approximate surface area is 138 Å².